The summed E-state index contributed by atoms with van der Waals surface area (Å²) in [5.74, 6) is 0. The van der Waals surface area contributed by atoms with Gasteiger partial charge in [-0.25, -0.2) is 0 Å². The SMILES string of the molecule is CCOC1CC(NCC(C)(C)N(C)C)C1(C)C. The number of nitrogens with one attached hydrogen (secondary N) is 1. The zero-order valence-electron chi connectivity index (χ0n) is 12.6. The molecule has 0 aliphatic heterocycles. The summed E-state index contributed by atoms with van der Waals surface area (Å²) in [6.45, 7) is 13.1. The lowest BCUT2D eigenvalue weighted by atomic mass is 9.64. The Balaban J connectivity index is 2.41. The van der Waals surface area contributed by atoms with Crippen LogP contribution in [0.15, 0.2) is 0 Å². The van der Waals surface area contributed by atoms with Crippen molar-refractivity contribution in [3.8, 4) is 0 Å². The van der Waals surface area contributed by atoms with Crippen molar-refractivity contribution in [1.82, 2.24) is 10.2 Å². The molecule has 0 aromatic carbocycles. The van der Waals surface area contributed by atoms with E-state index in [0.717, 1.165) is 19.6 Å². The molecule has 2 unspecified atom stereocenters. The van der Waals surface area contributed by atoms with E-state index in [1.807, 2.05) is 0 Å². The predicted molar refractivity (Wildman–Crippen MR) is 73.4 cm³/mol. The first-order chi connectivity index (χ1) is 7.71. The summed E-state index contributed by atoms with van der Waals surface area (Å²) in [6, 6.07) is 0.582. The highest BCUT2D eigenvalue weighted by molar-refractivity contribution is 5.03. The molecule has 1 fully saturated rings. The molecule has 1 aliphatic carbocycles. The van der Waals surface area contributed by atoms with Crippen molar-refractivity contribution in [3.63, 3.8) is 0 Å². The molecule has 0 aromatic heterocycles. The van der Waals surface area contributed by atoms with Crippen LogP contribution in [0.2, 0.25) is 0 Å². The van der Waals surface area contributed by atoms with Crippen LogP contribution in [0.4, 0.5) is 0 Å². The summed E-state index contributed by atoms with van der Waals surface area (Å²) >= 11 is 0. The van der Waals surface area contributed by atoms with Crippen LogP contribution in [0.5, 0.6) is 0 Å². The molecule has 102 valence electrons. The number of hydrogen-bond donors (Lipinski definition) is 1. The minimum atomic E-state index is 0.201. The molecule has 17 heavy (non-hydrogen) atoms. The van der Waals surface area contributed by atoms with Crippen molar-refractivity contribution in [2.75, 3.05) is 27.2 Å². The minimum absolute atomic E-state index is 0.201. The van der Waals surface area contributed by atoms with E-state index >= 15 is 0 Å². The Hall–Kier alpha value is -0.120. The van der Waals surface area contributed by atoms with Crippen LogP contribution in [-0.4, -0.2) is 49.8 Å². The van der Waals surface area contributed by atoms with E-state index in [1.54, 1.807) is 0 Å². The largest absolute Gasteiger partial charge is 0.378 e. The Labute approximate surface area is 107 Å². The third kappa shape index (κ3) is 3.21. The van der Waals surface area contributed by atoms with Crippen LogP contribution in [0.3, 0.4) is 0 Å². The molecule has 3 heteroatoms. The molecule has 1 saturated carbocycles. The van der Waals surface area contributed by atoms with Gasteiger partial charge < -0.3 is 15.0 Å². The summed E-state index contributed by atoms with van der Waals surface area (Å²) < 4.78 is 5.75. The Morgan fingerprint density at radius 2 is 1.94 bits per heavy atom. The third-order valence-corrected chi connectivity index (χ3v) is 4.54. The Kier molecular flexibility index (Phi) is 4.61. The maximum Gasteiger partial charge on any atom is 0.0655 e. The van der Waals surface area contributed by atoms with Crippen molar-refractivity contribution < 1.29 is 4.74 Å². The predicted octanol–water partition coefficient (Wildman–Crippen LogP) is 2.12. The van der Waals surface area contributed by atoms with Gasteiger partial charge in [0.2, 0.25) is 0 Å². The molecule has 0 spiro atoms. The van der Waals surface area contributed by atoms with E-state index in [-0.39, 0.29) is 11.0 Å². The molecule has 0 saturated heterocycles. The summed E-state index contributed by atoms with van der Waals surface area (Å²) in [4.78, 5) is 2.27. The normalized spacial score (nSPS) is 28.2. The van der Waals surface area contributed by atoms with Gasteiger partial charge in [0.1, 0.15) is 0 Å². The van der Waals surface area contributed by atoms with Crippen molar-refractivity contribution >= 4 is 0 Å². The first-order valence-electron chi connectivity index (χ1n) is 6.74. The first-order valence-corrected chi connectivity index (χ1v) is 6.74. The van der Waals surface area contributed by atoms with Crippen LogP contribution in [0.1, 0.15) is 41.0 Å². The molecule has 1 N–H and O–H groups in total. The number of ether oxygens (including phenoxy) is 1. The van der Waals surface area contributed by atoms with Gasteiger partial charge in [-0.1, -0.05) is 13.8 Å². The Morgan fingerprint density at radius 3 is 2.35 bits per heavy atom. The van der Waals surface area contributed by atoms with Gasteiger partial charge in [-0.05, 0) is 41.3 Å². The average molecular weight is 242 g/mol. The van der Waals surface area contributed by atoms with E-state index in [4.69, 9.17) is 4.74 Å². The molecule has 0 aromatic rings. The lowest BCUT2D eigenvalue weighted by Crippen LogP contribution is -2.63. The summed E-state index contributed by atoms with van der Waals surface area (Å²) in [5, 5.41) is 3.70. The highest BCUT2D eigenvalue weighted by Gasteiger charge is 2.48. The molecule has 2 atom stereocenters. The maximum absolute atomic E-state index is 5.75. The number of hydrogen-bond acceptors (Lipinski definition) is 3. The lowest BCUT2D eigenvalue weighted by molar-refractivity contribution is -0.115. The molecular weight excluding hydrogens is 212 g/mol. The van der Waals surface area contributed by atoms with Gasteiger partial charge in [0.25, 0.3) is 0 Å². The van der Waals surface area contributed by atoms with Gasteiger partial charge in [0, 0.05) is 30.1 Å². The maximum atomic E-state index is 5.75. The molecule has 0 amide bonds. The topological polar surface area (TPSA) is 24.5 Å². The van der Waals surface area contributed by atoms with E-state index in [9.17, 15) is 0 Å². The molecule has 3 nitrogen and oxygen atoms in total. The Bertz CT molecular complexity index is 249. The number of likely N-dealkylation sites (N-methyl/N-ethyl adjacent to an activating group) is 1. The monoisotopic (exact) mass is 242 g/mol. The second-order valence-electron chi connectivity index (χ2n) is 6.64. The average Bonchev–Trinajstić information content (AvgIpc) is 2.22. The summed E-state index contributed by atoms with van der Waals surface area (Å²) in [7, 11) is 4.27. The Morgan fingerprint density at radius 1 is 1.35 bits per heavy atom. The van der Waals surface area contributed by atoms with Gasteiger partial charge in [-0.2, -0.15) is 0 Å². The van der Waals surface area contributed by atoms with Crippen LogP contribution < -0.4 is 5.32 Å². The zero-order valence-corrected chi connectivity index (χ0v) is 12.6. The molecular formula is C14H30N2O. The molecule has 0 heterocycles. The van der Waals surface area contributed by atoms with Crippen molar-refractivity contribution in [2.24, 2.45) is 5.41 Å². The summed E-state index contributed by atoms with van der Waals surface area (Å²) in [5.41, 5.74) is 0.463. The van der Waals surface area contributed by atoms with Gasteiger partial charge in [-0.15, -0.1) is 0 Å². The number of nitrogens with zero attached hydrogens (tertiary/aromatic N) is 1. The van der Waals surface area contributed by atoms with Gasteiger partial charge in [0.05, 0.1) is 6.10 Å². The first kappa shape index (κ1) is 14.9. The summed E-state index contributed by atoms with van der Waals surface area (Å²) in [6.07, 6.45) is 1.57. The van der Waals surface area contributed by atoms with Crippen molar-refractivity contribution in [3.05, 3.63) is 0 Å². The minimum Gasteiger partial charge on any atom is -0.378 e. The molecule has 1 aliphatic rings. The lowest BCUT2D eigenvalue weighted by Gasteiger charge is -2.53. The van der Waals surface area contributed by atoms with Crippen molar-refractivity contribution in [2.45, 2.75) is 58.7 Å². The van der Waals surface area contributed by atoms with Gasteiger partial charge in [-0.3, -0.25) is 0 Å². The molecule has 0 bridgehead atoms. The second kappa shape index (κ2) is 5.25. The van der Waals surface area contributed by atoms with E-state index in [2.05, 4.69) is 58.9 Å². The van der Waals surface area contributed by atoms with Gasteiger partial charge >= 0.3 is 0 Å². The zero-order chi connectivity index (χ0) is 13.3. The number of rotatable bonds is 6. The van der Waals surface area contributed by atoms with E-state index in [1.165, 1.54) is 0 Å². The van der Waals surface area contributed by atoms with E-state index < -0.39 is 0 Å². The standard InChI is InChI=1S/C14H30N2O/c1-8-17-12-9-11(14(12,4)5)15-10-13(2,3)16(6)7/h11-12,15H,8-10H2,1-7H3. The quantitative estimate of drug-likeness (QED) is 0.772. The fourth-order valence-corrected chi connectivity index (χ4v) is 2.25. The smallest absolute Gasteiger partial charge is 0.0655 e. The fraction of sp³-hybridized carbons (Fsp3) is 1.00. The molecule has 0 radical (unpaired) electrons. The van der Waals surface area contributed by atoms with Crippen LogP contribution in [0, 0.1) is 5.41 Å². The van der Waals surface area contributed by atoms with E-state index in [0.29, 0.717) is 12.1 Å². The van der Waals surface area contributed by atoms with Crippen LogP contribution in [0.25, 0.3) is 0 Å². The van der Waals surface area contributed by atoms with Gasteiger partial charge in [0.15, 0.2) is 0 Å². The van der Waals surface area contributed by atoms with Crippen LogP contribution >= 0.6 is 0 Å². The highest BCUT2D eigenvalue weighted by Crippen LogP contribution is 2.42. The van der Waals surface area contributed by atoms with Crippen molar-refractivity contribution in [1.29, 1.82) is 0 Å². The van der Waals surface area contributed by atoms with Crippen LogP contribution in [-0.2, 0) is 4.74 Å². The molecule has 1 rings (SSSR count). The highest BCUT2D eigenvalue weighted by atomic mass is 16.5. The second-order valence-corrected chi connectivity index (χ2v) is 6.64. The third-order valence-electron chi connectivity index (χ3n) is 4.54. The fourth-order valence-electron chi connectivity index (χ4n) is 2.25.